The van der Waals surface area contributed by atoms with Crippen LogP contribution < -0.4 is 14.8 Å². The van der Waals surface area contributed by atoms with Gasteiger partial charge >= 0.3 is 0 Å². The summed E-state index contributed by atoms with van der Waals surface area (Å²) < 4.78 is 33.4. The van der Waals surface area contributed by atoms with E-state index in [0.29, 0.717) is 17.0 Å². The zero-order valence-electron chi connectivity index (χ0n) is 16.2. The SMILES string of the molecule is CCc1ccc(NS(=O)(=O)c2ccc(OC)c(NC(=O)c3ccccc3)c2)cc1. The Hall–Kier alpha value is -3.32. The standard InChI is InChI=1S/C22H22N2O4S/c1-3-16-9-11-18(12-10-16)24-29(26,27)19-13-14-21(28-2)20(15-19)23-22(25)17-7-5-4-6-8-17/h4-15,24H,3H2,1-2H3,(H,23,25). The van der Waals surface area contributed by atoms with Gasteiger partial charge in [0.1, 0.15) is 5.75 Å². The Bertz CT molecular complexity index is 1100. The Morgan fingerprint density at radius 1 is 0.966 bits per heavy atom. The number of anilines is 2. The van der Waals surface area contributed by atoms with Gasteiger partial charge < -0.3 is 10.1 Å². The van der Waals surface area contributed by atoms with Crippen molar-refractivity contribution >= 4 is 27.3 Å². The fourth-order valence-corrected chi connectivity index (χ4v) is 3.84. The van der Waals surface area contributed by atoms with Gasteiger partial charge in [0.15, 0.2) is 0 Å². The number of nitrogens with one attached hydrogen (secondary N) is 2. The first kappa shape index (κ1) is 20.4. The molecule has 0 heterocycles. The molecule has 0 aliphatic carbocycles. The first-order chi connectivity index (χ1) is 13.9. The van der Waals surface area contributed by atoms with Gasteiger partial charge in [-0.25, -0.2) is 8.42 Å². The summed E-state index contributed by atoms with van der Waals surface area (Å²) in [5.74, 6) is 0.00194. The number of sulfonamides is 1. The van der Waals surface area contributed by atoms with Crippen molar-refractivity contribution in [2.75, 3.05) is 17.1 Å². The van der Waals surface area contributed by atoms with Crippen molar-refractivity contribution in [3.8, 4) is 5.75 Å². The number of rotatable bonds is 7. The third kappa shape index (κ3) is 4.94. The number of carbonyl (C=O) groups excluding carboxylic acids is 1. The predicted molar refractivity (Wildman–Crippen MR) is 114 cm³/mol. The van der Waals surface area contributed by atoms with E-state index in [1.807, 2.05) is 25.1 Å². The maximum Gasteiger partial charge on any atom is 0.261 e. The van der Waals surface area contributed by atoms with Crippen molar-refractivity contribution in [3.63, 3.8) is 0 Å². The topological polar surface area (TPSA) is 84.5 Å². The molecular weight excluding hydrogens is 388 g/mol. The third-order valence-corrected chi connectivity index (χ3v) is 5.76. The molecule has 6 nitrogen and oxygen atoms in total. The molecule has 0 saturated carbocycles. The van der Waals surface area contributed by atoms with Crippen molar-refractivity contribution < 1.29 is 17.9 Å². The Balaban J connectivity index is 1.87. The highest BCUT2D eigenvalue weighted by molar-refractivity contribution is 7.92. The number of amides is 1. The lowest BCUT2D eigenvalue weighted by Gasteiger charge is -2.13. The van der Waals surface area contributed by atoms with Crippen LogP contribution in [0.4, 0.5) is 11.4 Å². The summed E-state index contributed by atoms with van der Waals surface area (Å²) in [5, 5.41) is 2.71. The normalized spacial score (nSPS) is 11.0. The van der Waals surface area contributed by atoms with Gasteiger partial charge in [-0.05, 0) is 54.4 Å². The van der Waals surface area contributed by atoms with Crippen LogP contribution in [0, 0.1) is 0 Å². The van der Waals surface area contributed by atoms with E-state index in [4.69, 9.17) is 4.74 Å². The van der Waals surface area contributed by atoms with E-state index in [0.717, 1.165) is 12.0 Å². The summed E-state index contributed by atoms with van der Waals surface area (Å²) in [6.45, 7) is 2.03. The van der Waals surface area contributed by atoms with Gasteiger partial charge in [0.25, 0.3) is 15.9 Å². The molecule has 0 saturated heterocycles. The van der Waals surface area contributed by atoms with Gasteiger partial charge in [0.05, 0.1) is 17.7 Å². The molecule has 29 heavy (non-hydrogen) atoms. The molecule has 0 aliphatic heterocycles. The Kier molecular flexibility index (Phi) is 6.19. The second-order valence-corrected chi connectivity index (χ2v) is 8.02. The Morgan fingerprint density at radius 2 is 1.66 bits per heavy atom. The minimum absolute atomic E-state index is 0.0150. The van der Waals surface area contributed by atoms with Crippen LogP contribution in [0.2, 0.25) is 0 Å². The summed E-state index contributed by atoms with van der Waals surface area (Å²) in [4.78, 5) is 12.5. The zero-order valence-corrected chi connectivity index (χ0v) is 17.0. The monoisotopic (exact) mass is 410 g/mol. The number of carbonyl (C=O) groups is 1. The van der Waals surface area contributed by atoms with Crippen LogP contribution in [0.15, 0.2) is 77.7 Å². The van der Waals surface area contributed by atoms with Crippen molar-refractivity contribution in [1.29, 1.82) is 0 Å². The number of aryl methyl sites for hydroxylation is 1. The average molecular weight is 410 g/mol. The van der Waals surface area contributed by atoms with Crippen molar-refractivity contribution in [3.05, 3.63) is 83.9 Å². The molecule has 0 aliphatic rings. The summed E-state index contributed by atoms with van der Waals surface area (Å²) in [7, 11) is -2.38. The molecule has 0 radical (unpaired) electrons. The highest BCUT2D eigenvalue weighted by Gasteiger charge is 2.18. The summed E-state index contributed by atoms with van der Waals surface area (Å²) >= 11 is 0. The molecule has 3 rings (SSSR count). The molecule has 0 bridgehead atoms. The molecular formula is C22H22N2O4S. The molecule has 0 aromatic heterocycles. The van der Waals surface area contributed by atoms with Crippen LogP contribution in [-0.2, 0) is 16.4 Å². The number of hydrogen-bond donors (Lipinski definition) is 2. The van der Waals surface area contributed by atoms with Crippen molar-refractivity contribution in [1.82, 2.24) is 0 Å². The fraction of sp³-hybridized carbons (Fsp3) is 0.136. The summed E-state index contributed by atoms with van der Waals surface area (Å²) in [5.41, 5.74) is 2.30. The molecule has 0 unspecified atom stereocenters. The number of benzene rings is 3. The predicted octanol–water partition coefficient (Wildman–Crippen LogP) is 4.31. The van der Waals surface area contributed by atoms with E-state index in [1.165, 1.54) is 25.3 Å². The summed E-state index contributed by atoms with van der Waals surface area (Å²) in [6.07, 6.45) is 0.871. The number of hydrogen-bond acceptors (Lipinski definition) is 4. The van der Waals surface area contributed by atoms with E-state index < -0.39 is 10.0 Å². The third-order valence-electron chi connectivity index (χ3n) is 4.38. The minimum atomic E-state index is -3.84. The highest BCUT2D eigenvalue weighted by Crippen LogP contribution is 2.29. The van der Waals surface area contributed by atoms with Gasteiger partial charge in [0, 0.05) is 11.3 Å². The Labute approximate surface area is 170 Å². The second-order valence-electron chi connectivity index (χ2n) is 6.34. The number of methoxy groups -OCH3 is 1. The van der Waals surface area contributed by atoms with Gasteiger partial charge in [0.2, 0.25) is 0 Å². The lowest BCUT2D eigenvalue weighted by molar-refractivity contribution is 0.102. The van der Waals surface area contributed by atoms with Gasteiger partial charge in [-0.1, -0.05) is 37.3 Å². The maximum atomic E-state index is 12.8. The van der Waals surface area contributed by atoms with E-state index in [9.17, 15) is 13.2 Å². The molecule has 2 N–H and O–H groups in total. The van der Waals surface area contributed by atoms with Crippen LogP contribution in [0.5, 0.6) is 5.75 Å². The van der Waals surface area contributed by atoms with E-state index in [-0.39, 0.29) is 16.5 Å². The largest absolute Gasteiger partial charge is 0.495 e. The van der Waals surface area contributed by atoms with Gasteiger partial charge in [-0.2, -0.15) is 0 Å². The van der Waals surface area contributed by atoms with Crippen molar-refractivity contribution in [2.45, 2.75) is 18.2 Å². The van der Waals surface area contributed by atoms with Crippen LogP contribution in [-0.4, -0.2) is 21.4 Å². The van der Waals surface area contributed by atoms with Crippen molar-refractivity contribution in [2.24, 2.45) is 0 Å². The Morgan fingerprint density at radius 3 is 2.28 bits per heavy atom. The molecule has 0 fully saturated rings. The van der Waals surface area contributed by atoms with E-state index in [2.05, 4.69) is 10.0 Å². The molecule has 3 aromatic rings. The minimum Gasteiger partial charge on any atom is -0.495 e. The first-order valence-electron chi connectivity index (χ1n) is 9.09. The molecule has 150 valence electrons. The first-order valence-corrected chi connectivity index (χ1v) is 10.6. The molecule has 3 aromatic carbocycles. The van der Waals surface area contributed by atoms with Crippen LogP contribution >= 0.6 is 0 Å². The molecule has 7 heteroatoms. The maximum absolute atomic E-state index is 12.8. The van der Waals surface area contributed by atoms with Gasteiger partial charge in [-0.15, -0.1) is 0 Å². The average Bonchev–Trinajstić information content (AvgIpc) is 2.74. The molecule has 1 amide bonds. The van der Waals surface area contributed by atoms with E-state index in [1.54, 1.807) is 36.4 Å². The fourth-order valence-electron chi connectivity index (χ4n) is 2.76. The van der Waals surface area contributed by atoms with Gasteiger partial charge in [-0.3, -0.25) is 9.52 Å². The smallest absolute Gasteiger partial charge is 0.261 e. The van der Waals surface area contributed by atoms with Crippen LogP contribution in [0.25, 0.3) is 0 Å². The van der Waals surface area contributed by atoms with Crippen LogP contribution in [0.1, 0.15) is 22.8 Å². The number of ether oxygens (including phenoxy) is 1. The van der Waals surface area contributed by atoms with E-state index >= 15 is 0 Å². The zero-order chi connectivity index (χ0) is 20.9. The quantitative estimate of drug-likeness (QED) is 0.608. The lowest BCUT2D eigenvalue weighted by Crippen LogP contribution is -2.15. The second kappa shape index (κ2) is 8.79. The molecule has 0 atom stereocenters. The summed E-state index contributed by atoms with van der Waals surface area (Å²) in [6, 6.07) is 20.2. The molecule has 0 spiro atoms. The van der Waals surface area contributed by atoms with Crippen LogP contribution in [0.3, 0.4) is 0 Å². The highest BCUT2D eigenvalue weighted by atomic mass is 32.2. The lowest BCUT2D eigenvalue weighted by atomic mass is 10.2.